The molecule has 2 aliphatic heterocycles. The molecule has 15 heavy (non-hydrogen) atoms. The summed E-state index contributed by atoms with van der Waals surface area (Å²) in [4.78, 5) is 0. The molecule has 2 fully saturated rings. The molecule has 3 atom stereocenters. The molecule has 88 valence electrons. The Labute approximate surface area is 90.7 Å². The number of rotatable bonds is 2. The summed E-state index contributed by atoms with van der Waals surface area (Å²) >= 11 is 0. The summed E-state index contributed by atoms with van der Waals surface area (Å²) in [6, 6.07) is 0. The van der Waals surface area contributed by atoms with Gasteiger partial charge in [0.2, 0.25) is 0 Å². The van der Waals surface area contributed by atoms with Crippen LogP contribution < -0.4 is 5.73 Å². The van der Waals surface area contributed by atoms with Crippen molar-refractivity contribution in [3.8, 4) is 0 Å². The summed E-state index contributed by atoms with van der Waals surface area (Å²) in [6.45, 7) is 0.660. The first-order valence-electron chi connectivity index (χ1n) is 5.94. The van der Waals surface area contributed by atoms with Crippen molar-refractivity contribution in [1.82, 2.24) is 0 Å². The highest BCUT2D eigenvalue weighted by molar-refractivity contribution is 4.83. The lowest BCUT2D eigenvalue weighted by molar-refractivity contribution is -0.316. The fourth-order valence-electron chi connectivity index (χ4n) is 2.61. The van der Waals surface area contributed by atoms with E-state index in [-0.39, 0.29) is 18.8 Å². The fourth-order valence-corrected chi connectivity index (χ4v) is 2.61. The Hall–Kier alpha value is -0.160. The smallest absolute Gasteiger partial charge is 0.169 e. The average molecular weight is 215 g/mol. The van der Waals surface area contributed by atoms with E-state index in [0.29, 0.717) is 6.54 Å². The number of hydrogen-bond donors (Lipinski definition) is 2. The minimum Gasteiger partial charge on any atom is -0.394 e. The van der Waals surface area contributed by atoms with Crippen LogP contribution in [0.25, 0.3) is 0 Å². The van der Waals surface area contributed by atoms with E-state index in [1.54, 1.807) is 0 Å². The van der Waals surface area contributed by atoms with E-state index in [0.717, 1.165) is 38.5 Å². The van der Waals surface area contributed by atoms with Gasteiger partial charge in [-0.2, -0.15) is 0 Å². The molecule has 2 heterocycles. The second-order valence-electron chi connectivity index (χ2n) is 4.59. The third-order valence-corrected chi connectivity index (χ3v) is 3.40. The lowest BCUT2D eigenvalue weighted by Crippen LogP contribution is -2.50. The molecule has 2 aliphatic rings. The molecule has 3 N–H and O–H groups in total. The number of hydrogen-bond acceptors (Lipinski definition) is 4. The fraction of sp³-hybridized carbons (Fsp3) is 1.00. The first-order valence-corrected chi connectivity index (χ1v) is 5.94. The molecule has 0 saturated carbocycles. The average Bonchev–Trinajstić information content (AvgIpc) is 2.29. The van der Waals surface area contributed by atoms with E-state index in [1.807, 2.05) is 0 Å². The highest BCUT2D eigenvalue weighted by atomic mass is 16.7. The predicted octanol–water partition coefficient (Wildman–Crippen LogP) is 0.772. The zero-order valence-electron chi connectivity index (χ0n) is 9.15. The van der Waals surface area contributed by atoms with Gasteiger partial charge in [0.25, 0.3) is 0 Å². The Morgan fingerprint density at radius 1 is 1.13 bits per heavy atom. The molecule has 1 spiro atoms. The minimum absolute atomic E-state index is 0.0460. The van der Waals surface area contributed by atoms with Crippen LogP contribution in [0.3, 0.4) is 0 Å². The first-order chi connectivity index (χ1) is 7.28. The highest BCUT2D eigenvalue weighted by Crippen LogP contribution is 2.38. The van der Waals surface area contributed by atoms with Crippen LogP contribution in [0.1, 0.15) is 38.5 Å². The van der Waals surface area contributed by atoms with Crippen LogP contribution in [0.2, 0.25) is 0 Å². The summed E-state index contributed by atoms with van der Waals surface area (Å²) < 4.78 is 11.8. The van der Waals surface area contributed by atoms with Crippen molar-refractivity contribution in [2.24, 2.45) is 5.73 Å². The third-order valence-electron chi connectivity index (χ3n) is 3.40. The number of aliphatic hydroxyl groups excluding tert-OH is 1. The van der Waals surface area contributed by atoms with E-state index >= 15 is 0 Å². The number of ether oxygens (including phenoxy) is 2. The van der Waals surface area contributed by atoms with E-state index in [4.69, 9.17) is 20.3 Å². The third kappa shape index (κ3) is 2.50. The topological polar surface area (TPSA) is 64.7 Å². The van der Waals surface area contributed by atoms with Crippen LogP contribution in [0.5, 0.6) is 0 Å². The standard InChI is InChI=1S/C11H21NO3/c12-7-9-3-1-5-11(14-9)6-2-4-10(8-13)15-11/h9-10,13H,1-8,12H2/t9-,10-,11-/m1/s1. The summed E-state index contributed by atoms with van der Waals surface area (Å²) in [6.07, 6.45) is 6.13. The predicted molar refractivity (Wildman–Crippen MR) is 56.3 cm³/mol. The van der Waals surface area contributed by atoms with Crippen molar-refractivity contribution in [2.45, 2.75) is 56.5 Å². The molecule has 4 heteroatoms. The molecule has 0 bridgehead atoms. The van der Waals surface area contributed by atoms with Gasteiger partial charge in [-0.15, -0.1) is 0 Å². The Morgan fingerprint density at radius 2 is 1.73 bits per heavy atom. The van der Waals surface area contributed by atoms with Crippen LogP contribution in [-0.4, -0.2) is 36.3 Å². The summed E-state index contributed by atoms with van der Waals surface area (Å²) in [5.74, 6) is -0.437. The van der Waals surface area contributed by atoms with E-state index < -0.39 is 5.79 Å². The minimum atomic E-state index is -0.437. The van der Waals surface area contributed by atoms with E-state index in [9.17, 15) is 0 Å². The quantitative estimate of drug-likeness (QED) is 0.714. The maximum atomic E-state index is 9.12. The molecule has 2 saturated heterocycles. The zero-order valence-corrected chi connectivity index (χ0v) is 9.15. The SMILES string of the molecule is NC[C@H]1CCC[C@@]2(CCC[C@H](CO)O2)O1. The molecular formula is C11H21NO3. The van der Waals surface area contributed by atoms with E-state index in [2.05, 4.69) is 0 Å². The summed E-state index contributed by atoms with van der Waals surface area (Å²) in [7, 11) is 0. The van der Waals surface area contributed by atoms with Gasteiger partial charge in [0.1, 0.15) is 0 Å². The molecule has 0 aromatic heterocycles. The summed E-state index contributed by atoms with van der Waals surface area (Å²) in [5, 5.41) is 9.12. The Morgan fingerprint density at radius 3 is 2.33 bits per heavy atom. The largest absolute Gasteiger partial charge is 0.394 e. The molecule has 2 rings (SSSR count). The van der Waals surface area contributed by atoms with Gasteiger partial charge < -0.3 is 20.3 Å². The monoisotopic (exact) mass is 215 g/mol. The van der Waals surface area contributed by atoms with E-state index in [1.165, 1.54) is 0 Å². The van der Waals surface area contributed by atoms with Gasteiger partial charge in [0.15, 0.2) is 5.79 Å². The van der Waals surface area contributed by atoms with Crippen molar-refractivity contribution in [3.05, 3.63) is 0 Å². The normalized spacial score (nSPS) is 42.0. The number of aliphatic hydroxyl groups is 1. The van der Waals surface area contributed by atoms with Gasteiger partial charge in [-0.25, -0.2) is 0 Å². The second kappa shape index (κ2) is 4.78. The maximum Gasteiger partial charge on any atom is 0.169 e. The Bertz CT molecular complexity index is 188. The molecular weight excluding hydrogens is 194 g/mol. The Kier molecular flexibility index (Phi) is 3.61. The molecule has 0 unspecified atom stereocenters. The molecule has 0 aromatic carbocycles. The van der Waals surface area contributed by atoms with Crippen LogP contribution in [-0.2, 0) is 9.47 Å². The van der Waals surface area contributed by atoms with Crippen molar-refractivity contribution >= 4 is 0 Å². The lowest BCUT2D eigenvalue weighted by atomic mass is 9.93. The molecule has 0 aromatic rings. The maximum absolute atomic E-state index is 9.12. The van der Waals surface area contributed by atoms with Gasteiger partial charge in [-0.3, -0.25) is 0 Å². The lowest BCUT2D eigenvalue weighted by Gasteiger charge is -2.45. The van der Waals surface area contributed by atoms with Crippen molar-refractivity contribution in [3.63, 3.8) is 0 Å². The molecule has 4 nitrogen and oxygen atoms in total. The van der Waals surface area contributed by atoms with Crippen molar-refractivity contribution in [2.75, 3.05) is 13.2 Å². The van der Waals surface area contributed by atoms with Gasteiger partial charge in [0.05, 0.1) is 18.8 Å². The first kappa shape index (κ1) is 11.3. The Balaban J connectivity index is 1.98. The van der Waals surface area contributed by atoms with Gasteiger partial charge in [-0.05, 0) is 25.7 Å². The van der Waals surface area contributed by atoms with Crippen molar-refractivity contribution in [1.29, 1.82) is 0 Å². The van der Waals surface area contributed by atoms with Crippen LogP contribution >= 0.6 is 0 Å². The number of nitrogens with two attached hydrogens (primary N) is 1. The van der Waals surface area contributed by atoms with Gasteiger partial charge in [0, 0.05) is 19.4 Å². The van der Waals surface area contributed by atoms with Crippen molar-refractivity contribution < 1.29 is 14.6 Å². The summed E-state index contributed by atoms with van der Waals surface area (Å²) in [5.41, 5.74) is 5.63. The molecule has 0 aliphatic carbocycles. The zero-order chi connectivity index (χ0) is 10.7. The highest BCUT2D eigenvalue weighted by Gasteiger charge is 2.41. The molecule has 0 amide bonds. The van der Waals surface area contributed by atoms with Crippen LogP contribution in [0.4, 0.5) is 0 Å². The molecule has 0 radical (unpaired) electrons. The van der Waals surface area contributed by atoms with Gasteiger partial charge in [-0.1, -0.05) is 0 Å². The van der Waals surface area contributed by atoms with Crippen LogP contribution in [0, 0.1) is 0 Å². The van der Waals surface area contributed by atoms with Gasteiger partial charge >= 0.3 is 0 Å². The van der Waals surface area contributed by atoms with Crippen LogP contribution in [0.15, 0.2) is 0 Å². The second-order valence-corrected chi connectivity index (χ2v) is 4.59.